The quantitative estimate of drug-likeness (QED) is 0.821. The number of rotatable bonds is 5. The van der Waals surface area contributed by atoms with Crippen molar-refractivity contribution in [3.63, 3.8) is 0 Å². The Kier molecular flexibility index (Phi) is 5.35. The third kappa shape index (κ3) is 3.87. The molecule has 0 aliphatic heterocycles. The van der Waals surface area contributed by atoms with Crippen molar-refractivity contribution in [2.45, 2.75) is 18.7 Å². The molecule has 0 fully saturated rings. The minimum Gasteiger partial charge on any atom is -0.394 e. The van der Waals surface area contributed by atoms with Crippen LogP contribution in [0.5, 0.6) is 0 Å². The normalized spacial score (nSPS) is 12.2. The molecule has 4 heteroatoms. The Morgan fingerprint density at radius 3 is 2.94 bits per heavy atom. The molecule has 1 rings (SSSR count). The molecule has 0 saturated heterocycles. The first kappa shape index (κ1) is 13.1. The summed E-state index contributed by atoms with van der Waals surface area (Å²) in [6.07, 6.45) is 2.03. The average Bonchev–Trinajstić information content (AvgIpc) is 2.29. The molecule has 0 saturated carbocycles. The molecule has 1 amide bonds. The van der Waals surface area contributed by atoms with Crippen molar-refractivity contribution >= 4 is 17.7 Å². The Balaban J connectivity index is 2.71. The smallest absolute Gasteiger partial charge is 0.251 e. The summed E-state index contributed by atoms with van der Waals surface area (Å²) in [5, 5.41) is 11.6. The second kappa shape index (κ2) is 6.55. The van der Waals surface area contributed by atoms with E-state index < -0.39 is 0 Å². The second-order valence-corrected chi connectivity index (χ2v) is 4.56. The minimum absolute atomic E-state index is 0.0454. The Morgan fingerprint density at radius 2 is 2.31 bits per heavy atom. The standard InChI is InChI=1S/C12H17NO2S/c1-9(7-14)13-12(15)11-5-3-4-10(6-11)8-16-2/h3-6,9,14H,7-8H2,1-2H3,(H,13,15). The molecule has 2 N–H and O–H groups in total. The van der Waals surface area contributed by atoms with E-state index in [4.69, 9.17) is 5.11 Å². The monoisotopic (exact) mass is 239 g/mol. The molecule has 0 aliphatic carbocycles. The molecule has 1 aromatic rings. The Morgan fingerprint density at radius 1 is 1.56 bits per heavy atom. The predicted molar refractivity (Wildman–Crippen MR) is 67.7 cm³/mol. The molecule has 0 radical (unpaired) electrons. The fourth-order valence-electron chi connectivity index (χ4n) is 1.32. The average molecular weight is 239 g/mol. The van der Waals surface area contributed by atoms with Crippen molar-refractivity contribution in [3.8, 4) is 0 Å². The Bertz CT molecular complexity index is 355. The van der Waals surface area contributed by atoms with Crippen LogP contribution in [0.15, 0.2) is 24.3 Å². The zero-order valence-corrected chi connectivity index (χ0v) is 10.4. The van der Waals surface area contributed by atoms with Crippen molar-refractivity contribution in [3.05, 3.63) is 35.4 Å². The molecule has 0 aromatic heterocycles. The highest BCUT2D eigenvalue weighted by molar-refractivity contribution is 7.97. The lowest BCUT2D eigenvalue weighted by molar-refractivity contribution is 0.0922. The maximum absolute atomic E-state index is 11.7. The number of nitrogens with one attached hydrogen (secondary N) is 1. The van der Waals surface area contributed by atoms with E-state index in [1.165, 1.54) is 0 Å². The van der Waals surface area contributed by atoms with E-state index in [1.54, 1.807) is 24.8 Å². The minimum atomic E-state index is -0.211. The zero-order chi connectivity index (χ0) is 12.0. The molecule has 0 bridgehead atoms. The van der Waals surface area contributed by atoms with Crippen LogP contribution in [0.4, 0.5) is 0 Å². The van der Waals surface area contributed by atoms with E-state index in [9.17, 15) is 4.79 Å². The van der Waals surface area contributed by atoms with E-state index in [1.807, 2.05) is 24.5 Å². The number of carbonyl (C=O) groups excluding carboxylic acids is 1. The lowest BCUT2D eigenvalue weighted by Gasteiger charge is -2.11. The third-order valence-corrected chi connectivity index (χ3v) is 2.77. The lowest BCUT2D eigenvalue weighted by Crippen LogP contribution is -2.34. The number of carbonyl (C=O) groups is 1. The number of benzene rings is 1. The van der Waals surface area contributed by atoms with Crippen LogP contribution in [-0.2, 0) is 5.75 Å². The summed E-state index contributed by atoms with van der Waals surface area (Å²) in [5.41, 5.74) is 1.78. The first-order valence-corrected chi connectivity index (χ1v) is 6.56. The van der Waals surface area contributed by atoms with Gasteiger partial charge in [-0.3, -0.25) is 4.79 Å². The van der Waals surface area contributed by atoms with Gasteiger partial charge in [-0.2, -0.15) is 11.8 Å². The topological polar surface area (TPSA) is 49.3 Å². The van der Waals surface area contributed by atoms with Gasteiger partial charge in [0.25, 0.3) is 5.91 Å². The van der Waals surface area contributed by atoms with Crippen LogP contribution < -0.4 is 5.32 Å². The van der Waals surface area contributed by atoms with Gasteiger partial charge < -0.3 is 10.4 Å². The first-order chi connectivity index (χ1) is 7.67. The van der Waals surface area contributed by atoms with Crippen molar-refractivity contribution < 1.29 is 9.90 Å². The number of hydrogen-bond donors (Lipinski definition) is 2. The molecule has 0 heterocycles. The number of hydrogen-bond acceptors (Lipinski definition) is 3. The maximum Gasteiger partial charge on any atom is 0.251 e. The van der Waals surface area contributed by atoms with E-state index >= 15 is 0 Å². The van der Waals surface area contributed by atoms with Crippen LogP contribution >= 0.6 is 11.8 Å². The van der Waals surface area contributed by atoms with Crippen LogP contribution in [0.1, 0.15) is 22.8 Å². The van der Waals surface area contributed by atoms with E-state index in [-0.39, 0.29) is 18.6 Å². The number of amides is 1. The molecule has 1 aromatic carbocycles. The van der Waals surface area contributed by atoms with Gasteiger partial charge in [-0.15, -0.1) is 0 Å². The second-order valence-electron chi connectivity index (χ2n) is 3.69. The van der Waals surface area contributed by atoms with Crippen molar-refractivity contribution in [1.29, 1.82) is 0 Å². The highest BCUT2D eigenvalue weighted by Crippen LogP contribution is 2.11. The first-order valence-electron chi connectivity index (χ1n) is 5.17. The highest BCUT2D eigenvalue weighted by Gasteiger charge is 2.08. The highest BCUT2D eigenvalue weighted by atomic mass is 32.2. The van der Waals surface area contributed by atoms with Gasteiger partial charge in [0.05, 0.1) is 6.61 Å². The third-order valence-electron chi connectivity index (χ3n) is 2.15. The Labute approximate surface area is 100 Å². The molecule has 16 heavy (non-hydrogen) atoms. The van der Waals surface area contributed by atoms with Gasteiger partial charge in [-0.25, -0.2) is 0 Å². The van der Waals surface area contributed by atoms with Gasteiger partial charge in [0.2, 0.25) is 0 Å². The summed E-state index contributed by atoms with van der Waals surface area (Å²) < 4.78 is 0. The fraction of sp³-hybridized carbons (Fsp3) is 0.417. The predicted octanol–water partition coefficient (Wildman–Crippen LogP) is 1.66. The van der Waals surface area contributed by atoms with E-state index in [0.717, 1.165) is 11.3 Å². The van der Waals surface area contributed by atoms with E-state index in [2.05, 4.69) is 5.32 Å². The molecule has 88 valence electrons. The van der Waals surface area contributed by atoms with Gasteiger partial charge in [0.1, 0.15) is 0 Å². The number of thioether (sulfide) groups is 1. The van der Waals surface area contributed by atoms with Gasteiger partial charge in [0, 0.05) is 17.4 Å². The van der Waals surface area contributed by atoms with E-state index in [0.29, 0.717) is 5.56 Å². The van der Waals surface area contributed by atoms with Gasteiger partial charge >= 0.3 is 0 Å². The van der Waals surface area contributed by atoms with Gasteiger partial charge in [-0.1, -0.05) is 12.1 Å². The summed E-state index contributed by atoms with van der Waals surface area (Å²) in [5.74, 6) is 0.765. The summed E-state index contributed by atoms with van der Waals surface area (Å²) >= 11 is 1.72. The summed E-state index contributed by atoms with van der Waals surface area (Å²) in [7, 11) is 0. The summed E-state index contributed by atoms with van der Waals surface area (Å²) in [6, 6.07) is 7.34. The largest absolute Gasteiger partial charge is 0.394 e. The molecule has 3 nitrogen and oxygen atoms in total. The lowest BCUT2D eigenvalue weighted by atomic mass is 10.1. The molecule has 1 unspecified atom stereocenters. The Hall–Kier alpha value is -1.00. The molecule has 0 spiro atoms. The fourth-order valence-corrected chi connectivity index (χ4v) is 1.83. The number of aliphatic hydroxyl groups excluding tert-OH is 1. The van der Waals surface area contributed by atoms with Crippen LogP contribution in [0.3, 0.4) is 0 Å². The van der Waals surface area contributed by atoms with Crippen LogP contribution in [0.2, 0.25) is 0 Å². The van der Waals surface area contributed by atoms with Gasteiger partial charge in [0.15, 0.2) is 0 Å². The molecule has 0 aliphatic rings. The van der Waals surface area contributed by atoms with Crippen molar-refractivity contribution in [2.75, 3.05) is 12.9 Å². The molecular weight excluding hydrogens is 222 g/mol. The van der Waals surface area contributed by atoms with Crippen LogP contribution in [0, 0.1) is 0 Å². The maximum atomic E-state index is 11.7. The van der Waals surface area contributed by atoms with Crippen LogP contribution in [-0.4, -0.2) is 29.9 Å². The zero-order valence-electron chi connectivity index (χ0n) is 9.56. The summed E-state index contributed by atoms with van der Waals surface area (Å²) in [4.78, 5) is 11.7. The number of aliphatic hydroxyl groups is 1. The van der Waals surface area contributed by atoms with Crippen LogP contribution in [0.25, 0.3) is 0 Å². The van der Waals surface area contributed by atoms with Gasteiger partial charge in [-0.05, 0) is 30.9 Å². The van der Waals surface area contributed by atoms with Crippen molar-refractivity contribution in [1.82, 2.24) is 5.32 Å². The SMILES string of the molecule is CSCc1cccc(C(=O)NC(C)CO)c1. The molecular formula is C12H17NO2S. The summed E-state index contributed by atoms with van der Waals surface area (Å²) in [6.45, 7) is 1.72. The van der Waals surface area contributed by atoms with Crippen molar-refractivity contribution in [2.24, 2.45) is 0 Å². The molecule has 1 atom stereocenters.